The van der Waals surface area contributed by atoms with Crippen LogP contribution in [0, 0.1) is 0 Å². The number of allylic oxidation sites excluding steroid dienone is 1. The lowest BCUT2D eigenvalue weighted by Crippen LogP contribution is -2.68. The molecule has 1 aliphatic heterocycles. The van der Waals surface area contributed by atoms with Gasteiger partial charge in [0.1, 0.15) is 11.7 Å². The molecule has 1 aliphatic rings. The molecule has 0 aromatic carbocycles. The molecule has 0 aromatic rings. The minimum atomic E-state index is -0.708. The maximum atomic E-state index is 12.0. The smallest absolute Gasteiger partial charge is 0.354 e. The van der Waals surface area contributed by atoms with E-state index in [2.05, 4.69) is 4.74 Å². The van der Waals surface area contributed by atoms with Crippen LogP contribution in [-0.2, 0) is 23.9 Å². The number of carbonyl (C=O) groups is 3. The predicted octanol–water partition coefficient (Wildman–Crippen LogP) is 0.501. The highest BCUT2D eigenvalue weighted by Crippen LogP contribution is 2.30. The Hall–Kier alpha value is -2.15. The summed E-state index contributed by atoms with van der Waals surface area (Å²) in [6, 6.07) is -1.10. The summed E-state index contributed by atoms with van der Waals surface area (Å²) >= 11 is 0. The third kappa shape index (κ3) is 3.54. The standard InChI is InChI=1S/C15H22N2O5/c1-8(2)13(15(20)22-5)17-10(12(16)14(17)19)6-9(3)7-11(18)21-4/h7,10,12H,6,16H2,1-5H3. The molecule has 122 valence electrons. The van der Waals surface area contributed by atoms with Crippen molar-refractivity contribution >= 4 is 17.8 Å². The zero-order valence-corrected chi connectivity index (χ0v) is 13.5. The van der Waals surface area contributed by atoms with E-state index in [1.165, 1.54) is 25.2 Å². The maximum Gasteiger partial charge on any atom is 0.354 e. The predicted molar refractivity (Wildman–Crippen MR) is 79.4 cm³/mol. The van der Waals surface area contributed by atoms with Crippen molar-refractivity contribution in [3.05, 3.63) is 22.9 Å². The van der Waals surface area contributed by atoms with Crippen molar-refractivity contribution in [1.82, 2.24) is 4.90 Å². The van der Waals surface area contributed by atoms with Gasteiger partial charge in [-0.05, 0) is 32.8 Å². The molecule has 0 radical (unpaired) electrons. The number of methoxy groups -OCH3 is 2. The van der Waals surface area contributed by atoms with E-state index in [9.17, 15) is 14.4 Å². The fraction of sp³-hybridized carbons (Fsp3) is 0.533. The first-order valence-electron chi connectivity index (χ1n) is 6.84. The molecular weight excluding hydrogens is 288 g/mol. The molecule has 0 aromatic heterocycles. The summed E-state index contributed by atoms with van der Waals surface area (Å²) < 4.78 is 9.29. The van der Waals surface area contributed by atoms with E-state index in [0.717, 1.165) is 0 Å². The van der Waals surface area contributed by atoms with Gasteiger partial charge in [-0.1, -0.05) is 5.57 Å². The second kappa shape index (κ2) is 7.22. The van der Waals surface area contributed by atoms with Crippen LogP contribution in [0.15, 0.2) is 22.9 Å². The third-order valence-corrected chi connectivity index (χ3v) is 3.46. The zero-order valence-electron chi connectivity index (χ0n) is 13.5. The Morgan fingerprint density at radius 1 is 1.23 bits per heavy atom. The fourth-order valence-electron chi connectivity index (χ4n) is 2.35. The number of esters is 2. The minimum absolute atomic E-state index is 0.199. The second-order valence-corrected chi connectivity index (χ2v) is 5.36. The average Bonchev–Trinajstić information content (AvgIpc) is 2.48. The molecule has 7 heteroatoms. The lowest BCUT2D eigenvalue weighted by atomic mass is 9.88. The average molecular weight is 310 g/mol. The number of ether oxygens (including phenoxy) is 2. The number of carbonyl (C=O) groups excluding carboxylic acids is 3. The molecule has 0 aliphatic carbocycles. The number of hydrogen-bond acceptors (Lipinski definition) is 6. The maximum absolute atomic E-state index is 12.0. The minimum Gasteiger partial charge on any atom is -0.466 e. The number of nitrogens with two attached hydrogens (primary N) is 1. The number of hydrogen-bond donors (Lipinski definition) is 1. The van der Waals surface area contributed by atoms with Gasteiger partial charge in [-0.25, -0.2) is 9.59 Å². The third-order valence-electron chi connectivity index (χ3n) is 3.46. The summed E-state index contributed by atoms with van der Waals surface area (Å²) in [5.41, 5.74) is 7.41. The summed E-state index contributed by atoms with van der Waals surface area (Å²) in [5, 5.41) is 0. The molecule has 22 heavy (non-hydrogen) atoms. The van der Waals surface area contributed by atoms with Crippen molar-refractivity contribution in [3.8, 4) is 0 Å². The quantitative estimate of drug-likeness (QED) is 0.451. The van der Waals surface area contributed by atoms with E-state index >= 15 is 0 Å². The van der Waals surface area contributed by atoms with E-state index in [1.54, 1.807) is 20.8 Å². The molecular formula is C15H22N2O5. The first-order valence-corrected chi connectivity index (χ1v) is 6.84. The summed E-state index contributed by atoms with van der Waals surface area (Å²) in [4.78, 5) is 36.5. The number of β-lactam (4-membered cyclic amide) rings is 1. The van der Waals surface area contributed by atoms with Crippen LogP contribution in [0.2, 0.25) is 0 Å². The molecule has 0 saturated carbocycles. The Morgan fingerprint density at radius 2 is 1.82 bits per heavy atom. The monoisotopic (exact) mass is 310 g/mol. The van der Waals surface area contributed by atoms with E-state index in [1.807, 2.05) is 0 Å². The van der Waals surface area contributed by atoms with E-state index in [-0.39, 0.29) is 11.6 Å². The van der Waals surface area contributed by atoms with Crippen LogP contribution in [0.4, 0.5) is 0 Å². The van der Waals surface area contributed by atoms with Crippen LogP contribution in [0.1, 0.15) is 27.2 Å². The van der Waals surface area contributed by atoms with Gasteiger partial charge in [0.05, 0.1) is 20.3 Å². The molecule has 1 amide bonds. The lowest BCUT2D eigenvalue weighted by Gasteiger charge is -2.46. The molecule has 1 rings (SSSR count). The van der Waals surface area contributed by atoms with Crippen LogP contribution in [0.3, 0.4) is 0 Å². The van der Waals surface area contributed by atoms with Gasteiger partial charge in [0.2, 0.25) is 5.91 Å². The molecule has 1 fully saturated rings. The summed E-state index contributed by atoms with van der Waals surface area (Å²) in [7, 11) is 2.54. The SMILES string of the molecule is COC(=O)C=C(C)CC1C(N)C(=O)N1C(C(=O)OC)=C(C)C. The second-order valence-electron chi connectivity index (χ2n) is 5.36. The number of amides is 1. The van der Waals surface area contributed by atoms with E-state index in [0.29, 0.717) is 17.6 Å². The Kier molecular flexibility index (Phi) is 5.87. The molecule has 7 nitrogen and oxygen atoms in total. The van der Waals surface area contributed by atoms with Gasteiger partial charge in [-0.15, -0.1) is 0 Å². The van der Waals surface area contributed by atoms with Gasteiger partial charge in [-0.3, -0.25) is 9.69 Å². The largest absolute Gasteiger partial charge is 0.466 e. The van der Waals surface area contributed by atoms with Crippen molar-refractivity contribution in [2.24, 2.45) is 5.73 Å². The summed E-state index contributed by atoms with van der Waals surface area (Å²) in [5.74, 6) is -1.39. The van der Waals surface area contributed by atoms with Crippen LogP contribution < -0.4 is 5.73 Å². The Labute approximate surface area is 129 Å². The lowest BCUT2D eigenvalue weighted by molar-refractivity contribution is -0.152. The van der Waals surface area contributed by atoms with E-state index in [4.69, 9.17) is 10.5 Å². The Morgan fingerprint density at radius 3 is 2.27 bits per heavy atom. The molecule has 0 spiro atoms. The molecule has 1 saturated heterocycles. The Balaban J connectivity index is 3.02. The first kappa shape index (κ1) is 17.9. The number of nitrogens with zero attached hydrogens (tertiary/aromatic N) is 1. The van der Waals surface area contributed by atoms with Gasteiger partial charge in [0, 0.05) is 6.08 Å². The van der Waals surface area contributed by atoms with Crippen molar-refractivity contribution < 1.29 is 23.9 Å². The molecule has 1 heterocycles. The highest BCUT2D eigenvalue weighted by molar-refractivity contribution is 6.00. The van der Waals surface area contributed by atoms with Gasteiger partial charge in [0.25, 0.3) is 0 Å². The van der Waals surface area contributed by atoms with Crippen molar-refractivity contribution in [3.63, 3.8) is 0 Å². The van der Waals surface area contributed by atoms with Gasteiger partial charge in [0.15, 0.2) is 0 Å². The molecule has 0 bridgehead atoms. The van der Waals surface area contributed by atoms with Crippen molar-refractivity contribution in [1.29, 1.82) is 0 Å². The van der Waals surface area contributed by atoms with E-state index < -0.39 is 24.0 Å². The van der Waals surface area contributed by atoms with Crippen LogP contribution in [0.5, 0.6) is 0 Å². The van der Waals surface area contributed by atoms with Crippen molar-refractivity contribution in [2.45, 2.75) is 39.3 Å². The molecule has 2 atom stereocenters. The Bertz CT molecular complexity index is 546. The number of likely N-dealkylation sites (tertiary alicyclic amines) is 1. The highest BCUT2D eigenvalue weighted by Gasteiger charge is 2.48. The summed E-state index contributed by atoms with van der Waals surface area (Å²) in [6.07, 6.45) is 1.71. The van der Waals surface area contributed by atoms with Gasteiger partial charge >= 0.3 is 11.9 Å². The molecule has 2 unspecified atom stereocenters. The van der Waals surface area contributed by atoms with Gasteiger partial charge < -0.3 is 15.2 Å². The van der Waals surface area contributed by atoms with Crippen LogP contribution in [0.25, 0.3) is 0 Å². The molecule has 2 N–H and O–H groups in total. The highest BCUT2D eigenvalue weighted by atomic mass is 16.5. The normalized spacial score (nSPS) is 21.1. The van der Waals surface area contributed by atoms with Crippen LogP contribution >= 0.6 is 0 Å². The van der Waals surface area contributed by atoms with Crippen molar-refractivity contribution in [2.75, 3.05) is 14.2 Å². The fourth-order valence-corrected chi connectivity index (χ4v) is 2.35. The zero-order chi connectivity index (χ0) is 17.0. The number of rotatable bonds is 5. The topological polar surface area (TPSA) is 98.9 Å². The summed E-state index contributed by atoms with van der Waals surface area (Å²) in [6.45, 7) is 5.18. The van der Waals surface area contributed by atoms with Crippen LogP contribution in [-0.4, -0.2) is 49.0 Å². The van der Waals surface area contributed by atoms with Gasteiger partial charge in [-0.2, -0.15) is 0 Å². The first-order chi connectivity index (χ1) is 10.2.